The molecule has 0 fully saturated rings. The first-order valence-corrected chi connectivity index (χ1v) is 6.54. The molecule has 0 saturated carbocycles. The molecule has 3 rings (SSSR count). The minimum absolute atomic E-state index is 0.211. The zero-order valence-corrected chi connectivity index (χ0v) is 11.5. The Bertz CT molecular complexity index is 813. The van der Waals surface area contributed by atoms with Crippen LogP contribution in [0, 0.1) is 0 Å². The number of phenols is 1. The van der Waals surface area contributed by atoms with Crippen molar-refractivity contribution in [1.82, 2.24) is 0 Å². The van der Waals surface area contributed by atoms with Crippen molar-refractivity contribution in [3.8, 4) is 11.5 Å². The van der Waals surface area contributed by atoms with Gasteiger partial charge < -0.3 is 9.84 Å². The van der Waals surface area contributed by atoms with Crippen LogP contribution < -0.4 is 4.74 Å². The van der Waals surface area contributed by atoms with Crippen LogP contribution in [-0.2, 0) is 0 Å². The Morgan fingerprint density at radius 3 is 2.48 bits per heavy atom. The molecule has 0 unspecified atom stereocenters. The van der Waals surface area contributed by atoms with Crippen LogP contribution in [0.2, 0.25) is 0 Å². The number of benzene rings is 3. The second kappa shape index (κ2) is 5.63. The summed E-state index contributed by atoms with van der Waals surface area (Å²) in [7, 11) is 1.60. The smallest absolute Gasteiger partial charge is 0.146 e. The summed E-state index contributed by atoms with van der Waals surface area (Å²) in [6.07, 6.45) is 0. The predicted molar refractivity (Wildman–Crippen MR) is 82.8 cm³/mol. The fraction of sp³-hybridized carbons (Fsp3) is 0.0588. The molecule has 1 N–H and O–H groups in total. The quantitative estimate of drug-likeness (QED) is 0.688. The van der Waals surface area contributed by atoms with Gasteiger partial charge in [0.1, 0.15) is 17.2 Å². The molecule has 0 aliphatic carbocycles. The van der Waals surface area contributed by atoms with Crippen LogP contribution in [0.1, 0.15) is 0 Å². The molecular formula is C17H14N2O2. The van der Waals surface area contributed by atoms with Crippen LogP contribution in [0.15, 0.2) is 70.9 Å². The molecule has 0 atom stereocenters. The number of para-hydroxylation sites is 1. The summed E-state index contributed by atoms with van der Waals surface area (Å²) in [5.74, 6) is 0.881. The highest BCUT2D eigenvalue weighted by molar-refractivity contribution is 5.93. The summed E-state index contributed by atoms with van der Waals surface area (Å²) < 4.78 is 5.25. The van der Waals surface area contributed by atoms with E-state index < -0.39 is 0 Å². The van der Waals surface area contributed by atoms with Crippen LogP contribution in [-0.4, -0.2) is 12.2 Å². The number of phenolic OH excluding ortho intramolecular Hbond substituents is 1. The first-order valence-electron chi connectivity index (χ1n) is 6.54. The van der Waals surface area contributed by atoms with E-state index in [1.807, 2.05) is 48.5 Å². The van der Waals surface area contributed by atoms with Gasteiger partial charge in [-0.3, -0.25) is 0 Å². The molecule has 4 heteroatoms. The monoisotopic (exact) mass is 278 g/mol. The van der Waals surface area contributed by atoms with E-state index in [4.69, 9.17) is 4.74 Å². The van der Waals surface area contributed by atoms with E-state index in [1.54, 1.807) is 19.2 Å². The van der Waals surface area contributed by atoms with Gasteiger partial charge >= 0.3 is 0 Å². The van der Waals surface area contributed by atoms with Crippen molar-refractivity contribution >= 4 is 22.1 Å². The van der Waals surface area contributed by atoms with Gasteiger partial charge in [0.2, 0.25) is 0 Å². The number of methoxy groups -OCH3 is 1. The van der Waals surface area contributed by atoms with Gasteiger partial charge in [-0.25, -0.2) is 0 Å². The number of hydrogen-bond donors (Lipinski definition) is 1. The molecule has 0 heterocycles. The fourth-order valence-electron chi connectivity index (χ4n) is 2.15. The molecule has 21 heavy (non-hydrogen) atoms. The van der Waals surface area contributed by atoms with Crippen molar-refractivity contribution in [2.75, 3.05) is 7.11 Å². The number of nitrogens with zero attached hydrogens (tertiary/aromatic N) is 2. The minimum atomic E-state index is 0.211. The van der Waals surface area contributed by atoms with Crippen molar-refractivity contribution < 1.29 is 9.84 Å². The molecule has 0 aliphatic rings. The van der Waals surface area contributed by atoms with Gasteiger partial charge in [-0.15, -0.1) is 10.2 Å². The van der Waals surface area contributed by atoms with E-state index >= 15 is 0 Å². The van der Waals surface area contributed by atoms with E-state index in [2.05, 4.69) is 10.2 Å². The molecule has 0 radical (unpaired) electrons. The predicted octanol–water partition coefficient (Wildman–Crippen LogP) is 4.97. The first-order chi connectivity index (χ1) is 10.3. The van der Waals surface area contributed by atoms with Gasteiger partial charge in [0.15, 0.2) is 0 Å². The Labute approximate surface area is 122 Å². The maximum Gasteiger partial charge on any atom is 0.146 e. The van der Waals surface area contributed by atoms with Crippen LogP contribution in [0.25, 0.3) is 10.8 Å². The molecule has 3 aromatic rings. The average molecular weight is 278 g/mol. The number of hydrogen-bond acceptors (Lipinski definition) is 4. The number of azo groups is 1. The lowest BCUT2D eigenvalue weighted by molar-refractivity contribution is 0.416. The number of fused-ring (bicyclic) bond motifs is 1. The molecule has 4 nitrogen and oxygen atoms in total. The van der Waals surface area contributed by atoms with Crippen molar-refractivity contribution in [3.63, 3.8) is 0 Å². The van der Waals surface area contributed by atoms with Gasteiger partial charge in [-0.2, -0.15) is 0 Å². The Balaban J connectivity index is 2.05. The summed E-state index contributed by atoms with van der Waals surface area (Å²) in [6.45, 7) is 0. The largest absolute Gasteiger partial charge is 0.508 e. The normalized spacial score (nSPS) is 11.1. The number of aromatic hydroxyl groups is 1. The zero-order chi connectivity index (χ0) is 14.7. The van der Waals surface area contributed by atoms with Gasteiger partial charge in [0, 0.05) is 5.39 Å². The van der Waals surface area contributed by atoms with Gasteiger partial charge in [-0.05, 0) is 35.7 Å². The molecule has 104 valence electrons. The molecule has 0 aliphatic heterocycles. The maximum atomic E-state index is 9.63. The van der Waals surface area contributed by atoms with Crippen LogP contribution >= 0.6 is 0 Å². The first kappa shape index (κ1) is 13.1. The number of rotatable bonds is 3. The molecule has 0 aromatic heterocycles. The van der Waals surface area contributed by atoms with Crippen molar-refractivity contribution in [2.45, 2.75) is 0 Å². The summed E-state index contributed by atoms with van der Waals surface area (Å²) in [4.78, 5) is 0. The van der Waals surface area contributed by atoms with Crippen molar-refractivity contribution in [2.24, 2.45) is 10.2 Å². The Hall–Kier alpha value is -2.88. The third-order valence-corrected chi connectivity index (χ3v) is 3.19. The molecule has 0 amide bonds. The zero-order valence-electron chi connectivity index (χ0n) is 11.5. The van der Waals surface area contributed by atoms with Gasteiger partial charge in [0.05, 0.1) is 12.8 Å². The lowest BCUT2D eigenvalue weighted by Gasteiger charge is -2.03. The van der Waals surface area contributed by atoms with Crippen LogP contribution in [0.3, 0.4) is 0 Å². The maximum absolute atomic E-state index is 9.63. The fourth-order valence-corrected chi connectivity index (χ4v) is 2.15. The topological polar surface area (TPSA) is 54.2 Å². The Morgan fingerprint density at radius 1 is 0.857 bits per heavy atom. The highest BCUT2D eigenvalue weighted by atomic mass is 16.5. The standard InChI is InChI=1S/C17H14N2O2/c1-21-17-8-3-2-6-16(17)19-18-15-7-4-5-12-9-10-13(20)11-14(12)15/h2-11,20H,1H3. The second-order valence-electron chi connectivity index (χ2n) is 4.55. The minimum Gasteiger partial charge on any atom is -0.508 e. The number of ether oxygens (including phenoxy) is 1. The highest BCUT2D eigenvalue weighted by Crippen LogP contribution is 2.32. The summed E-state index contributed by atoms with van der Waals surface area (Å²) in [5, 5.41) is 20.0. The lowest BCUT2D eigenvalue weighted by Crippen LogP contribution is -1.81. The van der Waals surface area contributed by atoms with E-state index in [0.717, 1.165) is 10.8 Å². The summed E-state index contributed by atoms with van der Waals surface area (Å²) >= 11 is 0. The Kier molecular flexibility index (Phi) is 3.51. The molecular weight excluding hydrogens is 264 g/mol. The molecule has 0 spiro atoms. The van der Waals surface area contributed by atoms with Crippen molar-refractivity contribution in [1.29, 1.82) is 0 Å². The van der Waals surface area contributed by atoms with Gasteiger partial charge in [0.25, 0.3) is 0 Å². The molecule has 0 saturated heterocycles. The average Bonchev–Trinajstić information content (AvgIpc) is 2.53. The van der Waals surface area contributed by atoms with E-state index in [9.17, 15) is 5.11 Å². The molecule has 3 aromatic carbocycles. The lowest BCUT2D eigenvalue weighted by atomic mass is 10.1. The van der Waals surface area contributed by atoms with E-state index in [1.165, 1.54) is 0 Å². The van der Waals surface area contributed by atoms with Crippen molar-refractivity contribution in [3.05, 3.63) is 60.7 Å². The third kappa shape index (κ3) is 2.69. The third-order valence-electron chi connectivity index (χ3n) is 3.19. The van der Waals surface area contributed by atoms with Crippen LogP contribution in [0.5, 0.6) is 11.5 Å². The van der Waals surface area contributed by atoms with Gasteiger partial charge in [-0.1, -0.05) is 30.3 Å². The van der Waals surface area contributed by atoms with E-state index in [-0.39, 0.29) is 5.75 Å². The van der Waals surface area contributed by atoms with E-state index in [0.29, 0.717) is 17.1 Å². The SMILES string of the molecule is COc1ccccc1N=Nc1cccc2ccc(O)cc12. The summed E-state index contributed by atoms with van der Waals surface area (Å²) in [5.41, 5.74) is 1.37. The molecule has 0 bridgehead atoms. The second-order valence-corrected chi connectivity index (χ2v) is 4.55. The van der Waals surface area contributed by atoms with Crippen LogP contribution in [0.4, 0.5) is 11.4 Å². The Morgan fingerprint density at radius 2 is 1.62 bits per heavy atom. The highest BCUT2D eigenvalue weighted by Gasteiger charge is 2.03. The summed E-state index contributed by atoms with van der Waals surface area (Å²) in [6, 6.07) is 18.4.